The molecule has 1 aromatic carbocycles. The molecule has 35 heavy (non-hydrogen) atoms. The summed E-state index contributed by atoms with van der Waals surface area (Å²) in [4.78, 5) is 33.7. The normalized spacial score (nSPS) is 19.0. The topological polar surface area (TPSA) is 104 Å². The second kappa shape index (κ2) is 10.6. The molecule has 0 saturated carbocycles. The molecule has 1 saturated heterocycles. The Hall–Kier alpha value is -3.17. The van der Waals surface area contributed by atoms with Gasteiger partial charge in [0.1, 0.15) is 11.4 Å². The molecule has 2 N–H and O–H groups in total. The van der Waals surface area contributed by atoms with E-state index in [1.807, 2.05) is 51.1 Å². The Morgan fingerprint density at radius 1 is 1.17 bits per heavy atom. The molecule has 9 heteroatoms. The van der Waals surface area contributed by atoms with E-state index in [0.29, 0.717) is 31.7 Å². The maximum Gasteiger partial charge on any atom is 0.410 e. The van der Waals surface area contributed by atoms with Crippen LogP contribution in [0.1, 0.15) is 42.3 Å². The maximum atomic E-state index is 12.9. The van der Waals surface area contributed by atoms with Gasteiger partial charge in [-0.1, -0.05) is 24.3 Å². The minimum absolute atomic E-state index is 0.00379. The van der Waals surface area contributed by atoms with E-state index in [0.717, 1.165) is 30.0 Å². The van der Waals surface area contributed by atoms with Gasteiger partial charge in [-0.2, -0.15) is 0 Å². The summed E-state index contributed by atoms with van der Waals surface area (Å²) in [6.45, 7) is 8.63. The molecule has 188 valence electrons. The third kappa shape index (κ3) is 6.29. The van der Waals surface area contributed by atoms with Crippen molar-refractivity contribution in [2.24, 2.45) is 0 Å². The predicted octanol–water partition coefficient (Wildman–Crippen LogP) is 2.37. The van der Waals surface area contributed by atoms with Crippen molar-refractivity contribution in [2.75, 3.05) is 37.7 Å². The highest BCUT2D eigenvalue weighted by atomic mass is 16.6. The average Bonchev–Trinajstić information content (AvgIpc) is 2.86. The second-order valence-corrected chi connectivity index (χ2v) is 9.93. The number of hydrogen-bond donors (Lipinski definition) is 2. The summed E-state index contributed by atoms with van der Waals surface area (Å²) in [6, 6.07) is 10.9. The van der Waals surface area contributed by atoms with E-state index in [4.69, 9.17) is 9.47 Å². The smallest absolute Gasteiger partial charge is 0.410 e. The number of rotatable bonds is 5. The van der Waals surface area contributed by atoms with Crippen molar-refractivity contribution in [3.8, 4) is 0 Å². The van der Waals surface area contributed by atoms with Gasteiger partial charge in [0.25, 0.3) is 5.91 Å². The minimum Gasteiger partial charge on any atom is -0.444 e. The highest BCUT2D eigenvalue weighted by molar-refractivity contribution is 5.94. The lowest BCUT2D eigenvalue weighted by molar-refractivity contribution is -0.0113. The van der Waals surface area contributed by atoms with Gasteiger partial charge in [0.2, 0.25) is 0 Å². The number of benzene rings is 1. The summed E-state index contributed by atoms with van der Waals surface area (Å²) >= 11 is 0. The molecule has 2 aliphatic heterocycles. The van der Waals surface area contributed by atoms with Crippen molar-refractivity contribution in [1.29, 1.82) is 0 Å². The van der Waals surface area contributed by atoms with E-state index < -0.39 is 23.8 Å². The van der Waals surface area contributed by atoms with E-state index in [9.17, 15) is 14.7 Å². The number of carbonyl (C=O) groups is 2. The van der Waals surface area contributed by atoms with Crippen LogP contribution in [0.25, 0.3) is 0 Å². The van der Waals surface area contributed by atoms with Gasteiger partial charge in [-0.15, -0.1) is 0 Å². The number of morpholine rings is 1. The van der Waals surface area contributed by atoms with Gasteiger partial charge in [-0.05, 0) is 50.5 Å². The first-order valence-corrected chi connectivity index (χ1v) is 12.0. The fourth-order valence-electron chi connectivity index (χ4n) is 4.35. The number of hydrogen-bond acceptors (Lipinski definition) is 7. The molecule has 2 amide bonds. The summed E-state index contributed by atoms with van der Waals surface area (Å²) in [5.41, 5.74) is 1.85. The zero-order valence-corrected chi connectivity index (χ0v) is 20.6. The van der Waals surface area contributed by atoms with Gasteiger partial charge in [0, 0.05) is 32.4 Å². The summed E-state index contributed by atoms with van der Waals surface area (Å²) < 4.78 is 11.0. The molecular weight excluding hydrogens is 448 g/mol. The fraction of sp³-hybridized carbons (Fsp3) is 0.500. The van der Waals surface area contributed by atoms with Crippen molar-refractivity contribution < 1.29 is 24.2 Å². The molecule has 2 atom stereocenters. The molecule has 0 aliphatic carbocycles. The van der Waals surface area contributed by atoms with Crippen LogP contribution in [0.15, 0.2) is 42.6 Å². The van der Waals surface area contributed by atoms with E-state index in [2.05, 4.69) is 15.2 Å². The van der Waals surface area contributed by atoms with Crippen LogP contribution in [0.4, 0.5) is 10.6 Å². The van der Waals surface area contributed by atoms with Crippen LogP contribution in [-0.2, 0) is 22.4 Å². The van der Waals surface area contributed by atoms with Gasteiger partial charge in [-0.25, -0.2) is 9.78 Å². The fourth-order valence-corrected chi connectivity index (χ4v) is 4.35. The Bertz CT molecular complexity index is 1030. The lowest BCUT2D eigenvalue weighted by Gasteiger charge is -2.40. The molecule has 3 heterocycles. The monoisotopic (exact) mass is 482 g/mol. The first-order chi connectivity index (χ1) is 16.7. The molecule has 0 spiro atoms. The zero-order valence-electron chi connectivity index (χ0n) is 20.6. The summed E-state index contributed by atoms with van der Waals surface area (Å²) in [5, 5.41) is 13.8. The van der Waals surface area contributed by atoms with Crippen molar-refractivity contribution >= 4 is 17.8 Å². The van der Waals surface area contributed by atoms with Crippen molar-refractivity contribution in [3.05, 3.63) is 59.3 Å². The quantitative estimate of drug-likeness (QED) is 0.674. The molecule has 4 rings (SSSR count). The lowest BCUT2D eigenvalue weighted by atomic mass is 9.91. The third-order valence-electron chi connectivity index (χ3n) is 6.18. The number of carbonyl (C=O) groups excluding carboxylic acids is 2. The van der Waals surface area contributed by atoms with Crippen molar-refractivity contribution in [3.63, 3.8) is 0 Å². The number of anilines is 1. The number of amides is 2. The first-order valence-electron chi connectivity index (χ1n) is 12.0. The lowest BCUT2D eigenvalue weighted by Crippen LogP contribution is -2.54. The number of nitrogens with one attached hydrogen (secondary N) is 1. The summed E-state index contributed by atoms with van der Waals surface area (Å²) in [5.74, 6) is 0.476. The van der Waals surface area contributed by atoms with Crippen LogP contribution in [-0.4, -0.2) is 77.6 Å². The van der Waals surface area contributed by atoms with E-state index in [1.54, 1.807) is 11.0 Å². The molecule has 0 radical (unpaired) electrons. The summed E-state index contributed by atoms with van der Waals surface area (Å²) in [7, 11) is 0. The Kier molecular flexibility index (Phi) is 7.57. The SMILES string of the molecule is CC(C)(C)OC(=O)N1Cc2ccccc2C[C@H]1[C@H](O)CNC(=O)c1ccc(N2CCOCC2)nc1. The van der Waals surface area contributed by atoms with Crippen LogP contribution in [0.3, 0.4) is 0 Å². The van der Waals surface area contributed by atoms with Crippen LogP contribution < -0.4 is 10.2 Å². The molecule has 1 aromatic heterocycles. The maximum absolute atomic E-state index is 12.9. The first kappa shape index (κ1) is 24.9. The number of aliphatic hydroxyl groups excluding tert-OH is 1. The Balaban J connectivity index is 1.40. The highest BCUT2D eigenvalue weighted by Crippen LogP contribution is 2.27. The molecule has 2 aromatic rings. The molecule has 9 nitrogen and oxygen atoms in total. The van der Waals surface area contributed by atoms with Gasteiger partial charge in [0.15, 0.2) is 0 Å². The number of pyridine rings is 1. The molecular formula is C26H34N4O5. The van der Waals surface area contributed by atoms with E-state index in [-0.39, 0.29) is 12.5 Å². The molecule has 0 unspecified atom stereocenters. The summed E-state index contributed by atoms with van der Waals surface area (Å²) in [6.07, 6.45) is 0.559. The number of aromatic nitrogens is 1. The van der Waals surface area contributed by atoms with Crippen LogP contribution in [0.5, 0.6) is 0 Å². The predicted molar refractivity (Wildman–Crippen MR) is 131 cm³/mol. The number of fused-ring (bicyclic) bond motifs is 1. The van der Waals surface area contributed by atoms with Crippen molar-refractivity contribution in [2.45, 2.75) is 51.5 Å². The number of nitrogens with zero attached hydrogens (tertiary/aromatic N) is 3. The Labute approximate surface area is 206 Å². The highest BCUT2D eigenvalue weighted by Gasteiger charge is 2.36. The average molecular weight is 483 g/mol. The second-order valence-electron chi connectivity index (χ2n) is 9.93. The number of ether oxygens (including phenoxy) is 2. The molecule has 2 aliphatic rings. The minimum atomic E-state index is -0.972. The third-order valence-corrected chi connectivity index (χ3v) is 6.18. The van der Waals surface area contributed by atoms with Gasteiger partial charge in [0.05, 0.1) is 30.9 Å². The van der Waals surface area contributed by atoms with Crippen LogP contribution >= 0.6 is 0 Å². The van der Waals surface area contributed by atoms with E-state index >= 15 is 0 Å². The molecule has 1 fully saturated rings. The zero-order chi connectivity index (χ0) is 25.0. The van der Waals surface area contributed by atoms with Crippen molar-refractivity contribution in [1.82, 2.24) is 15.2 Å². The largest absolute Gasteiger partial charge is 0.444 e. The van der Waals surface area contributed by atoms with Crippen LogP contribution in [0.2, 0.25) is 0 Å². The van der Waals surface area contributed by atoms with Gasteiger partial charge in [-0.3, -0.25) is 9.69 Å². The Morgan fingerprint density at radius 2 is 1.89 bits per heavy atom. The van der Waals surface area contributed by atoms with Crippen LogP contribution in [0, 0.1) is 0 Å². The Morgan fingerprint density at radius 3 is 2.54 bits per heavy atom. The van der Waals surface area contributed by atoms with E-state index in [1.165, 1.54) is 6.20 Å². The van der Waals surface area contributed by atoms with Gasteiger partial charge < -0.3 is 24.8 Å². The molecule has 0 bridgehead atoms. The van der Waals surface area contributed by atoms with Gasteiger partial charge >= 0.3 is 6.09 Å². The number of aliphatic hydroxyl groups is 1. The standard InChI is InChI=1S/C26H34N4O5/c1-26(2,3)35-25(33)30-17-20-7-5-4-6-18(20)14-21(30)22(31)16-28-24(32)19-8-9-23(27-15-19)29-10-12-34-13-11-29/h4-9,15,21-22,31H,10-14,16-17H2,1-3H3,(H,28,32)/t21-,22+/m0/s1.